The molecule has 1 atom stereocenters. The van der Waals surface area contributed by atoms with E-state index in [9.17, 15) is 4.79 Å². The van der Waals surface area contributed by atoms with Crippen LogP contribution in [0, 0.1) is 5.92 Å². The van der Waals surface area contributed by atoms with E-state index in [-0.39, 0.29) is 5.91 Å². The van der Waals surface area contributed by atoms with Gasteiger partial charge in [-0.1, -0.05) is 22.9 Å². The van der Waals surface area contributed by atoms with Crippen molar-refractivity contribution in [2.75, 3.05) is 18.4 Å². The number of halogens is 1. The number of hydrogen-bond acceptors (Lipinski definition) is 4. The van der Waals surface area contributed by atoms with Crippen LogP contribution in [0.1, 0.15) is 30.3 Å². The SMILES string of the molecule is CC1CCCN(C(=O)c2cc(Nc3ccc(Br)cc3)ncn2)C1. The van der Waals surface area contributed by atoms with Crippen LogP contribution in [0.15, 0.2) is 41.1 Å². The fourth-order valence-corrected chi connectivity index (χ4v) is 3.02. The second-order valence-electron chi connectivity index (χ2n) is 5.92. The molecule has 0 bridgehead atoms. The number of piperidine rings is 1. The summed E-state index contributed by atoms with van der Waals surface area (Å²) in [6.45, 7) is 3.79. The Morgan fingerprint density at radius 1 is 1.30 bits per heavy atom. The van der Waals surface area contributed by atoms with Crippen LogP contribution in [0.3, 0.4) is 0 Å². The van der Waals surface area contributed by atoms with E-state index in [1.165, 1.54) is 12.7 Å². The van der Waals surface area contributed by atoms with Gasteiger partial charge in [-0.3, -0.25) is 4.79 Å². The van der Waals surface area contributed by atoms with Gasteiger partial charge < -0.3 is 10.2 Å². The lowest BCUT2D eigenvalue weighted by Gasteiger charge is -2.30. The Labute approximate surface area is 144 Å². The summed E-state index contributed by atoms with van der Waals surface area (Å²) in [5.74, 6) is 1.16. The Morgan fingerprint density at radius 2 is 2.09 bits per heavy atom. The van der Waals surface area contributed by atoms with Crippen molar-refractivity contribution in [1.82, 2.24) is 14.9 Å². The topological polar surface area (TPSA) is 58.1 Å². The first-order valence-corrected chi connectivity index (χ1v) is 8.55. The number of benzene rings is 1. The third kappa shape index (κ3) is 4.07. The molecule has 3 rings (SSSR count). The van der Waals surface area contributed by atoms with Crippen molar-refractivity contribution in [3.63, 3.8) is 0 Å². The lowest BCUT2D eigenvalue weighted by atomic mass is 10.00. The van der Waals surface area contributed by atoms with Crippen LogP contribution in [0.2, 0.25) is 0 Å². The first-order chi connectivity index (χ1) is 11.1. The average molecular weight is 375 g/mol. The Hall–Kier alpha value is -1.95. The number of carbonyl (C=O) groups is 1. The second-order valence-corrected chi connectivity index (χ2v) is 6.83. The molecule has 2 aromatic rings. The summed E-state index contributed by atoms with van der Waals surface area (Å²) in [6, 6.07) is 9.50. The van der Waals surface area contributed by atoms with Crippen molar-refractivity contribution in [2.24, 2.45) is 5.92 Å². The number of carbonyl (C=O) groups excluding carboxylic acids is 1. The van der Waals surface area contributed by atoms with Crippen molar-refractivity contribution in [2.45, 2.75) is 19.8 Å². The number of hydrogen-bond donors (Lipinski definition) is 1. The highest BCUT2D eigenvalue weighted by atomic mass is 79.9. The zero-order chi connectivity index (χ0) is 16.2. The Balaban J connectivity index is 1.74. The van der Waals surface area contributed by atoms with Crippen molar-refractivity contribution in [1.29, 1.82) is 0 Å². The highest BCUT2D eigenvalue weighted by Crippen LogP contribution is 2.20. The number of aromatic nitrogens is 2. The maximum absolute atomic E-state index is 12.6. The first kappa shape index (κ1) is 15.9. The fourth-order valence-electron chi connectivity index (χ4n) is 2.76. The summed E-state index contributed by atoms with van der Waals surface area (Å²) in [4.78, 5) is 22.8. The van der Waals surface area contributed by atoms with Gasteiger partial charge in [0.05, 0.1) is 0 Å². The van der Waals surface area contributed by atoms with Crippen LogP contribution in [-0.2, 0) is 0 Å². The molecule has 1 saturated heterocycles. The van der Waals surface area contributed by atoms with Crippen molar-refractivity contribution in [3.05, 3.63) is 46.8 Å². The predicted molar refractivity (Wildman–Crippen MR) is 93.8 cm³/mol. The van der Waals surface area contributed by atoms with E-state index >= 15 is 0 Å². The first-order valence-electron chi connectivity index (χ1n) is 7.76. The molecule has 1 aromatic heterocycles. The molecular formula is C17H19BrN4O. The number of amides is 1. The molecule has 0 radical (unpaired) electrons. The highest BCUT2D eigenvalue weighted by Gasteiger charge is 2.23. The van der Waals surface area contributed by atoms with Gasteiger partial charge >= 0.3 is 0 Å². The number of anilines is 2. The number of nitrogens with zero attached hydrogens (tertiary/aromatic N) is 3. The summed E-state index contributed by atoms with van der Waals surface area (Å²) >= 11 is 3.41. The van der Waals surface area contributed by atoms with E-state index < -0.39 is 0 Å². The van der Waals surface area contributed by atoms with Crippen LogP contribution in [-0.4, -0.2) is 33.9 Å². The minimum atomic E-state index is -0.0159. The van der Waals surface area contributed by atoms with Gasteiger partial charge in [-0.2, -0.15) is 0 Å². The van der Waals surface area contributed by atoms with Crippen LogP contribution in [0.5, 0.6) is 0 Å². The van der Waals surface area contributed by atoms with Gasteiger partial charge in [0.2, 0.25) is 0 Å². The Bertz CT molecular complexity index is 689. The van der Waals surface area contributed by atoms with E-state index in [1.54, 1.807) is 6.07 Å². The number of nitrogens with one attached hydrogen (secondary N) is 1. The zero-order valence-electron chi connectivity index (χ0n) is 13.0. The third-order valence-electron chi connectivity index (χ3n) is 3.95. The summed E-state index contributed by atoms with van der Waals surface area (Å²) in [6.07, 6.45) is 3.67. The molecule has 2 heterocycles. The Kier molecular flexibility index (Phi) is 4.91. The molecule has 0 spiro atoms. The molecule has 1 aromatic carbocycles. The van der Waals surface area contributed by atoms with Crippen molar-refractivity contribution >= 4 is 33.3 Å². The zero-order valence-corrected chi connectivity index (χ0v) is 14.6. The van der Waals surface area contributed by atoms with Gasteiger partial charge in [0.15, 0.2) is 0 Å². The molecule has 1 aliphatic heterocycles. The summed E-state index contributed by atoms with van der Waals surface area (Å²) < 4.78 is 1.01. The molecule has 6 heteroatoms. The van der Waals surface area contributed by atoms with Gasteiger partial charge in [0.25, 0.3) is 5.91 Å². The van der Waals surface area contributed by atoms with Gasteiger partial charge in [-0.25, -0.2) is 9.97 Å². The summed E-state index contributed by atoms with van der Waals surface area (Å²) in [5.41, 5.74) is 1.35. The largest absolute Gasteiger partial charge is 0.340 e. The fraction of sp³-hybridized carbons (Fsp3) is 0.353. The summed E-state index contributed by atoms with van der Waals surface area (Å²) in [7, 11) is 0. The molecular weight excluding hydrogens is 356 g/mol. The van der Waals surface area contributed by atoms with E-state index in [0.29, 0.717) is 17.4 Å². The lowest BCUT2D eigenvalue weighted by Crippen LogP contribution is -2.39. The monoisotopic (exact) mass is 374 g/mol. The normalized spacial score (nSPS) is 17.8. The molecule has 1 unspecified atom stereocenters. The molecule has 0 aliphatic carbocycles. The predicted octanol–water partition coefficient (Wildman–Crippen LogP) is 3.85. The van der Waals surface area contributed by atoms with Crippen molar-refractivity contribution < 1.29 is 4.79 Å². The lowest BCUT2D eigenvalue weighted by molar-refractivity contribution is 0.0677. The van der Waals surface area contributed by atoms with Crippen LogP contribution >= 0.6 is 15.9 Å². The maximum atomic E-state index is 12.6. The Morgan fingerprint density at radius 3 is 2.83 bits per heavy atom. The molecule has 1 N–H and O–H groups in total. The van der Waals surface area contributed by atoms with Crippen LogP contribution in [0.4, 0.5) is 11.5 Å². The number of rotatable bonds is 3. The molecule has 120 valence electrons. The minimum Gasteiger partial charge on any atom is -0.340 e. The van der Waals surface area contributed by atoms with E-state index in [0.717, 1.165) is 29.7 Å². The van der Waals surface area contributed by atoms with Crippen molar-refractivity contribution in [3.8, 4) is 0 Å². The van der Waals surface area contributed by atoms with E-state index in [1.807, 2.05) is 29.2 Å². The highest BCUT2D eigenvalue weighted by molar-refractivity contribution is 9.10. The van der Waals surface area contributed by atoms with Gasteiger partial charge in [0, 0.05) is 29.3 Å². The van der Waals surface area contributed by atoms with Gasteiger partial charge in [-0.05, 0) is 43.0 Å². The summed E-state index contributed by atoms with van der Waals surface area (Å²) in [5, 5.41) is 3.20. The third-order valence-corrected chi connectivity index (χ3v) is 4.48. The van der Waals surface area contributed by atoms with Crippen LogP contribution in [0.25, 0.3) is 0 Å². The molecule has 23 heavy (non-hydrogen) atoms. The molecule has 0 saturated carbocycles. The van der Waals surface area contributed by atoms with Gasteiger partial charge in [-0.15, -0.1) is 0 Å². The van der Waals surface area contributed by atoms with Gasteiger partial charge in [0.1, 0.15) is 17.8 Å². The van der Waals surface area contributed by atoms with Crippen LogP contribution < -0.4 is 5.32 Å². The molecule has 1 fully saturated rings. The number of likely N-dealkylation sites (tertiary alicyclic amines) is 1. The van der Waals surface area contributed by atoms with E-state index in [4.69, 9.17) is 0 Å². The standard InChI is InChI=1S/C17H19BrN4O/c1-12-3-2-8-22(10-12)17(23)15-9-16(20-11-19-15)21-14-6-4-13(18)5-7-14/h4-7,9,11-12H,2-3,8,10H2,1H3,(H,19,20,21). The maximum Gasteiger partial charge on any atom is 0.272 e. The van der Waals surface area contributed by atoms with E-state index in [2.05, 4.69) is 38.1 Å². The molecule has 1 aliphatic rings. The smallest absolute Gasteiger partial charge is 0.272 e. The minimum absolute atomic E-state index is 0.0159. The second kappa shape index (κ2) is 7.08. The molecule has 5 nitrogen and oxygen atoms in total. The quantitative estimate of drug-likeness (QED) is 0.885. The molecule has 1 amide bonds. The average Bonchev–Trinajstić information content (AvgIpc) is 2.56.